The lowest BCUT2D eigenvalue weighted by Crippen LogP contribution is -2.44. The summed E-state index contributed by atoms with van der Waals surface area (Å²) < 4.78 is 27.0. The number of hydrogen-bond donors (Lipinski definition) is 0. The van der Waals surface area contributed by atoms with Crippen molar-refractivity contribution in [3.05, 3.63) is 70.3 Å². The summed E-state index contributed by atoms with van der Waals surface area (Å²) in [6.45, 7) is 4.79. The largest absolute Gasteiger partial charge is 0.490 e. The van der Waals surface area contributed by atoms with Crippen molar-refractivity contribution < 1.29 is 23.5 Å². The van der Waals surface area contributed by atoms with Gasteiger partial charge >= 0.3 is 5.97 Å². The van der Waals surface area contributed by atoms with Crippen LogP contribution in [0, 0.1) is 12.7 Å². The highest BCUT2D eigenvalue weighted by atomic mass is 19.1. The Morgan fingerprint density at radius 3 is 2.68 bits per heavy atom. The van der Waals surface area contributed by atoms with E-state index in [9.17, 15) is 14.0 Å². The molecule has 1 aliphatic carbocycles. The summed E-state index contributed by atoms with van der Waals surface area (Å²) in [5.74, 6) is -1.10. The number of carbonyl (C=O) groups excluding carboxylic acids is 2. The Morgan fingerprint density at radius 2 is 1.97 bits per heavy atom. The van der Waals surface area contributed by atoms with Crippen molar-refractivity contribution in [3.8, 4) is 11.4 Å². The van der Waals surface area contributed by atoms with Gasteiger partial charge in [-0.3, -0.25) is 4.79 Å². The monoisotopic (exact) mass is 461 g/mol. The minimum atomic E-state index is -0.565. The summed E-state index contributed by atoms with van der Waals surface area (Å²) in [7, 11) is 0. The van der Waals surface area contributed by atoms with Crippen LogP contribution in [0.15, 0.2) is 36.4 Å². The van der Waals surface area contributed by atoms with E-state index in [0.717, 1.165) is 29.7 Å². The molecule has 3 aromatic rings. The number of anilines is 1. The second-order valence-corrected chi connectivity index (χ2v) is 9.23. The highest BCUT2D eigenvalue weighted by Crippen LogP contribution is 2.54. The summed E-state index contributed by atoms with van der Waals surface area (Å²) in [4.78, 5) is 28.6. The van der Waals surface area contributed by atoms with Crippen LogP contribution >= 0.6 is 0 Å². The zero-order chi connectivity index (χ0) is 23.6. The van der Waals surface area contributed by atoms with Gasteiger partial charge in [-0.25, -0.2) is 13.9 Å². The third-order valence-corrected chi connectivity index (χ3v) is 6.96. The number of aromatic nitrogens is 2. The van der Waals surface area contributed by atoms with Crippen molar-refractivity contribution in [1.29, 1.82) is 0 Å². The van der Waals surface area contributed by atoms with E-state index in [1.54, 1.807) is 17.9 Å². The molecule has 3 heterocycles. The summed E-state index contributed by atoms with van der Waals surface area (Å²) in [5, 5.41) is 4.56. The Hall–Kier alpha value is -3.68. The molecule has 3 aliphatic rings. The first-order valence-corrected chi connectivity index (χ1v) is 11.6. The van der Waals surface area contributed by atoms with Crippen LogP contribution < -0.4 is 9.64 Å². The summed E-state index contributed by atoms with van der Waals surface area (Å²) in [6.07, 6.45) is 2.24. The van der Waals surface area contributed by atoms with Gasteiger partial charge in [0, 0.05) is 41.3 Å². The van der Waals surface area contributed by atoms with E-state index in [1.165, 1.54) is 10.7 Å². The molecule has 1 aromatic heterocycles. The van der Waals surface area contributed by atoms with Gasteiger partial charge in [-0.15, -0.1) is 0 Å². The number of benzene rings is 2. The average Bonchev–Trinajstić information content (AvgIpc) is 3.23. The van der Waals surface area contributed by atoms with Crippen LogP contribution in [0.3, 0.4) is 0 Å². The SMILES string of the molecule is CCOC(=O)c1nn(-c2cc(F)c3c(c2)CCO3)c2c1C1(CC1)CN(c1ccc(C)cc1)C2=O. The Kier molecular flexibility index (Phi) is 4.56. The fourth-order valence-corrected chi connectivity index (χ4v) is 5.09. The molecule has 2 aromatic carbocycles. The normalized spacial score (nSPS) is 17.4. The molecule has 174 valence electrons. The molecule has 0 saturated heterocycles. The molecular weight excluding hydrogens is 437 g/mol. The number of carbonyl (C=O) groups is 2. The van der Waals surface area contributed by atoms with Gasteiger partial charge in [0.25, 0.3) is 5.91 Å². The summed E-state index contributed by atoms with van der Waals surface area (Å²) >= 11 is 0. The van der Waals surface area contributed by atoms with Crippen molar-refractivity contribution in [2.75, 3.05) is 24.7 Å². The molecule has 0 bridgehead atoms. The summed E-state index contributed by atoms with van der Waals surface area (Å²) in [6, 6.07) is 10.9. The highest BCUT2D eigenvalue weighted by Gasteiger charge is 2.56. The van der Waals surface area contributed by atoms with E-state index in [1.807, 2.05) is 31.2 Å². The van der Waals surface area contributed by atoms with Gasteiger partial charge in [-0.05, 0) is 44.9 Å². The van der Waals surface area contributed by atoms with E-state index in [2.05, 4.69) is 5.10 Å². The number of aryl methyl sites for hydroxylation is 1. The zero-order valence-corrected chi connectivity index (χ0v) is 19.1. The number of esters is 1. The molecule has 1 fully saturated rings. The van der Waals surface area contributed by atoms with E-state index in [4.69, 9.17) is 9.47 Å². The third-order valence-electron chi connectivity index (χ3n) is 6.96. The molecule has 6 rings (SSSR count). The van der Waals surface area contributed by atoms with Crippen LogP contribution in [-0.2, 0) is 16.6 Å². The second kappa shape index (κ2) is 7.41. The Morgan fingerprint density at radius 1 is 1.21 bits per heavy atom. The molecule has 34 heavy (non-hydrogen) atoms. The van der Waals surface area contributed by atoms with Gasteiger partial charge in [-0.2, -0.15) is 5.10 Å². The lowest BCUT2D eigenvalue weighted by atomic mass is 9.88. The van der Waals surface area contributed by atoms with Crippen molar-refractivity contribution in [2.24, 2.45) is 0 Å². The topological polar surface area (TPSA) is 73.7 Å². The first-order valence-electron chi connectivity index (χ1n) is 11.6. The standard InChI is InChI=1S/C26H24FN3O4/c1-3-33-25(32)21-20-22(30(28-21)18-12-16-8-11-34-23(16)19(27)13-18)24(31)29(14-26(20)9-10-26)17-6-4-15(2)5-7-17/h4-7,12-13H,3,8-11,14H2,1-2H3. The second-order valence-electron chi connectivity index (χ2n) is 9.23. The van der Waals surface area contributed by atoms with Gasteiger partial charge in [0.1, 0.15) is 5.69 Å². The molecule has 2 aliphatic heterocycles. The van der Waals surface area contributed by atoms with Gasteiger partial charge in [0.2, 0.25) is 0 Å². The number of ether oxygens (including phenoxy) is 2. The van der Waals surface area contributed by atoms with Crippen LogP contribution in [0.4, 0.5) is 10.1 Å². The van der Waals surface area contributed by atoms with Crippen molar-refractivity contribution in [1.82, 2.24) is 9.78 Å². The number of fused-ring (bicyclic) bond motifs is 3. The molecule has 0 unspecified atom stereocenters. The minimum absolute atomic E-state index is 0.142. The van der Waals surface area contributed by atoms with Gasteiger partial charge < -0.3 is 14.4 Å². The lowest BCUT2D eigenvalue weighted by Gasteiger charge is -2.33. The van der Waals surface area contributed by atoms with E-state index in [-0.39, 0.29) is 29.4 Å². The third kappa shape index (κ3) is 3.04. The fourth-order valence-electron chi connectivity index (χ4n) is 5.09. The number of hydrogen-bond acceptors (Lipinski definition) is 5. The first-order chi connectivity index (χ1) is 16.4. The number of amides is 1. The van der Waals surface area contributed by atoms with Crippen LogP contribution in [0.5, 0.6) is 5.75 Å². The molecule has 0 N–H and O–H groups in total. The molecule has 1 amide bonds. The van der Waals surface area contributed by atoms with Crippen LogP contribution in [0.1, 0.15) is 57.4 Å². The quantitative estimate of drug-likeness (QED) is 0.547. The smallest absolute Gasteiger partial charge is 0.359 e. The van der Waals surface area contributed by atoms with Crippen molar-refractivity contribution >= 4 is 17.6 Å². The Bertz CT molecular complexity index is 1340. The number of nitrogens with zero attached hydrogens (tertiary/aromatic N) is 3. The summed E-state index contributed by atoms with van der Waals surface area (Å²) in [5.41, 5.74) is 3.69. The maximum absolute atomic E-state index is 14.8. The van der Waals surface area contributed by atoms with Crippen molar-refractivity contribution in [2.45, 2.75) is 38.5 Å². The maximum Gasteiger partial charge on any atom is 0.359 e. The first kappa shape index (κ1) is 20.9. The number of rotatable bonds is 4. The Labute approximate surface area is 196 Å². The number of halogens is 1. The van der Waals surface area contributed by atoms with E-state index >= 15 is 0 Å². The highest BCUT2D eigenvalue weighted by molar-refractivity contribution is 6.10. The van der Waals surface area contributed by atoms with Crippen LogP contribution in [-0.4, -0.2) is 41.4 Å². The van der Waals surface area contributed by atoms with Gasteiger partial charge in [0.05, 0.1) is 18.9 Å². The molecule has 1 spiro atoms. The van der Waals surface area contributed by atoms with Gasteiger partial charge in [0.15, 0.2) is 17.3 Å². The van der Waals surface area contributed by atoms with Crippen LogP contribution in [0.2, 0.25) is 0 Å². The fraction of sp³-hybridized carbons (Fsp3) is 0.346. The van der Waals surface area contributed by atoms with Gasteiger partial charge in [-0.1, -0.05) is 17.7 Å². The molecule has 0 radical (unpaired) electrons. The van der Waals surface area contributed by atoms with E-state index < -0.39 is 11.8 Å². The average molecular weight is 461 g/mol. The molecular formula is C26H24FN3O4. The molecule has 8 heteroatoms. The molecule has 1 saturated carbocycles. The van der Waals surface area contributed by atoms with E-state index in [0.29, 0.717) is 36.5 Å². The Balaban J connectivity index is 1.56. The van der Waals surface area contributed by atoms with Crippen molar-refractivity contribution in [3.63, 3.8) is 0 Å². The predicted molar refractivity (Wildman–Crippen MR) is 122 cm³/mol. The minimum Gasteiger partial charge on any atom is -0.490 e. The lowest BCUT2D eigenvalue weighted by molar-refractivity contribution is 0.0516. The van der Waals surface area contributed by atoms with Crippen LogP contribution in [0.25, 0.3) is 5.69 Å². The maximum atomic E-state index is 14.8. The molecule has 7 nitrogen and oxygen atoms in total. The zero-order valence-electron chi connectivity index (χ0n) is 19.1. The molecule has 0 atom stereocenters. The predicted octanol–water partition coefficient (Wildman–Crippen LogP) is 4.12.